The fourth-order valence-corrected chi connectivity index (χ4v) is 2.30. The summed E-state index contributed by atoms with van der Waals surface area (Å²) in [5.74, 6) is 5.01. The molecule has 122 valence electrons. The highest BCUT2D eigenvalue weighted by atomic mass is 32.2. The van der Waals surface area contributed by atoms with Crippen LogP contribution in [0.5, 0.6) is 0 Å². The molecule has 8 nitrogen and oxygen atoms in total. The first-order valence-corrected chi connectivity index (χ1v) is 7.83. The van der Waals surface area contributed by atoms with Crippen molar-refractivity contribution in [1.29, 1.82) is 0 Å². The van der Waals surface area contributed by atoms with Crippen molar-refractivity contribution in [3.63, 3.8) is 0 Å². The van der Waals surface area contributed by atoms with Crippen LogP contribution in [0.3, 0.4) is 0 Å². The van der Waals surface area contributed by atoms with Crippen molar-refractivity contribution in [2.75, 3.05) is 16.9 Å². The van der Waals surface area contributed by atoms with Gasteiger partial charge in [0.05, 0.1) is 17.4 Å². The largest absolute Gasteiger partial charge is 0.459 e. The van der Waals surface area contributed by atoms with E-state index in [1.54, 1.807) is 38.1 Å². The Bertz CT molecular complexity index is 701. The number of nitrogens with one attached hydrogen (secondary N) is 1. The van der Waals surface area contributed by atoms with Crippen LogP contribution in [-0.4, -0.2) is 38.6 Å². The summed E-state index contributed by atoms with van der Waals surface area (Å²) in [6.45, 7) is 3.55. The van der Waals surface area contributed by atoms with Crippen molar-refractivity contribution in [3.05, 3.63) is 36.2 Å². The topological polar surface area (TPSA) is 112 Å². The summed E-state index contributed by atoms with van der Waals surface area (Å²) in [7, 11) is 0. The van der Waals surface area contributed by atoms with E-state index in [2.05, 4.69) is 15.5 Å². The lowest BCUT2D eigenvalue weighted by Gasteiger charge is -2.09. The number of amides is 1. The van der Waals surface area contributed by atoms with Gasteiger partial charge in [0.15, 0.2) is 0 Å². The zero-order chi connectivity index (χ0) is 16.8. The Kier molecular flexibility index (Phi) is 5.58. The standard InChI is InChI=1S/C14H17N5O3S/c1-9(2)22-13(21)10-4-3-5-11(6-10)17-12(20)7-23-14-18-16-8-19(14)15/h3-6,8-9H,7,15H2,1-2H3,(H,17,20). The molecule has 0 radical (unpaired) electrons. The van der Waals surface area contributed by atoms with E-state index in [4.69, 9.17) is 10.6 Å². The van der Waals surface area contributed by atoms with Crippen molar-refractivity contribution in [2.24, 2.45) is 0 Å². The van der Waals surface area contributed by atoms with E-state index in [0.29, 0.717) is 16.4 Å². The maximum Gasteiger partial charge on any atom is 0.338 e. The third kappa shape index (κ3) is 4.99. The molecule has 1 aromatic carbocycles. The molecule has 0 unspecified atom stereocenters. The molecule has 0 aliphatic heterocycles. The van der Waals surface area contributed by atoms with Gasteiger partial charge in [0.1, 0.15) is 6.33 Å². The molecule has 0 atom stereocenters. The number of thioether (sulfide) groups is 1. The summed E-state index contributed by atoms with van der Waals surface area (Å²) < 4.78 is 6.35. The Labute approximate surface area is 137 Å². The van der Waals surface area contributed by atoms with E-state index in [9.17, 15) is 9.59 Å². The molecule has 0 aliphatic carbocycles. The van der Waals surface area contributed by atoms with Gasteiger partial charge in [0.25, 0.3) is 0 Å². The average molecular weight is 335 g/mol. The van der Waals surface area contributed by atoms with E-state index in [1.807, 2.05) is 0 Å². The molecule has 0 saturated carbocycles. The maximum atomic E-state index is 11.9. The van der Waals surface area contributed by atoms with Crippen LogP contribution in [0.4, 0.5) is 5.69 Å². The molecule has 2 aromatic rings. The number of hydrogen-bond donors (Lipinski definition) is 2. The van der Waals surface area contributed by atoms with E-state index in [0.717, 1.165) is 11.8 Å². The second kappa shape index (κ2) is 7.63. The summed E-state index contributed by atoms with van der Waals surface area (Å²) in [6, 6.07) is 6.57. The number of nitrogens with two attached hydrogens (primary N) is 1. The molecule has 23 heavy (non-hydrogen) atoms. The summed E-state index contributed by atoms with van der Waals surface area (Å²) in [6.07, 6.45) is 1.15. The summed E-state index contributed by atoms with van der Waals surface area (Å²) >= 11 is 1.16. The Morgan fingerprint density at radius 2 is 2.22 bits per heavy atom. The number of hydrogen-bond acceptors (Lipinski definition) is 7. The van der Waals surface area contributed by atoms with Crippen molar-refractivity contribution >= 4 is 29.3 Å². The summed E-state index contributed by atoms with van der Waals surface area (Å²) in [5.41, 5.74) is 0.897. The lowest BCUT2D eigenvalue weighted by atomic mass is 10.2. The van der Waals surface area contributed by atoms with Gasteiger partial charge in [-0.2, -0.15) is 0 Å². The first-order chi connectivity index (χ1) is 11.0. The van der Waals surface area contributed by atoms with Crippen molar-refractivity contribution in [1.82, 2.24) is 14.9 Å². The second-order valence-corrected chi connectivity index (χ2v) is 5.84. The molecular formula is C14H17N5O3S. The molecule has 0 saturated heterocycles. The third-order valence-corrected chi connectivity index (χ3v) is 3.55. The van der Waals surface area contributed by atoms with Gasteiger partial charge in [0.2, 0.25) is 11.1 Å². The van der Waals surface area contributed by atoms with E-state index >= 15 is 0 Å². The third-order valence-electron chi connectivity index (χ3n) is 2.60. The average Bonchev–Trinajstić information content (AvgIpc) is 2.90. The highest BCUT2D eigenvalue weighted by molar-refractivity contribution is 7.99. The van der Waals surface area contributed by atoms with Gasteiger partial charge in [-0.05, 0) is 32.0 Å². The number of carbonyl (C=O) groups excluding carboxylic acids is 2. The minimum absolute atomic E-state index is 0.122. The quantitative estimate of drug-likeness (QED) is 0.464. The monoisotopic (exact) mass is 335 g/mol. The number of nitrogen functional groups attached to an aromatic ring is 1. The Hall–Kier alpha value is -2.55. The van der Waals surface area contributed by atoms with Crippen molar-refractivity contribution in [3.8, 4) is 0 Å². The number of ether oxygens (including phenoxy) is 1. The summed E-state index contributed by atoms with van der Waals surface area (Å²) in [5, 5.41) is 10.5. The Morgan fingerprint density at radius 1 is 1.43 bits per heavy atom. The molecular weight excluding hydrogens is 318 g/mol. The van der Waals surface area contributed by atoms with Crippen LogP contribution in [0, 0.1) is 0 Å². The van der Waals surface area contributed by atoms with Crippen molar-refractivity contribution in [2.45, 2.75) is 25.1 Å². The Balaban J connectivity index is 1.93. The molecule has 0 aliphatic rings. The van der Waals surface area contributed by atoms with Crippen LogP contribution in [0.1, 0.15) is 24.2 Å². The molecule has 9 heteroatoms. The first kappa shape index (κ1) is 16.8. The fourth-order valence-electron chi connectivity index (χ4n) is 1.67. The molecule has 1 heterocycles. The second-order valence-electron chi connectivity index (χ2n) is 4.89. The SMILES string of the molecule is CC(C)OC(=O)c1cccc(NC(=O)CSc2nncn2N)c1. The van der Waals surface area contributed by atoms with Gasteiger partial charge >= 0.3 is 5.97 Å². The highest BCUT2D eigenvalue weighted by Gasteiger charge is 2.11. The van der Waals surface area contributed by atoms with Crippen LogP contribution in [0.25, 0.3) is 0 Å². The fraction of sp³-hybridized carbons (Fsp3) is 0.286. The minimum atomic E-state index is -0.429. The van der Waals surface area contributed by atoms with Gasteiger partial charge in [-0.3, -0.25) is 4.79 Å². The smallest absolute Gasteiger partial charge is 0.338 e. The molecule has 0 fully saturated rings. The molecule has 0 bridgehead atoms. The van der Waals surface area contributed by atoms with E-state index in [-0.39, 0.29) is 17.8 Å². The zero-order valence-corrected chi connectivity index (χ0v) is 13.5. The number of nitrogens with zero attached hydrogens (tertiary/aromatic N) is 3. The predicted molar refractivity (Wildman–Crippen MR) is 86.5 cm³/mol. The number of esters is 1. The normalized spacial score (nSPS) is 10.6. The number of rotatable bonds is 6. The molecule has 2 rings (SSSR count). The number of aromatic nitrogens is 3. The van der Waals surface area contributed by atoms with Crippen molar-refractivity contribution < 1.29 is 14.3 Å². The van der Waals surface area contributed by atoms with Crippen LogP contribution in [-0.2, 0) is 9.53 Å². The molecule has 1 amide bonds. The van der Waals surface area contributed by atoms with Crippen LogP contribution < -0.4 is 11.2 Å². The van der Waals surface area contributed by atoms with Gasteiger partial charge in [-0.1, -0.05) is 17.8 Å². The minimum Gasteiger partial charge on any atom is -0.459 e. The van der Waals surface area contributed by atoms with Gasteiger partial charge < -0.3 is 15.9 Å². The zero-order valence-electron chi connectivity index (χ0n) is 12.7. The van der Waals surface area contributed by atoms with E-state index < -0.39 is 5.97 Å². The number of anilines is 1. The molecule has 3 N–H and O–H groups in total. The lowest BCUT2D eigenvalue weighted by molar-refractivity contribution is -0.113. The predicted octanol–water partition coefficient (Wildman–Crippen LogP) is 1.29. The van der Waals surface area contributed by atoms with Gasteiger partial charge in [-0.15, -0.1) is 10.2 Å². The van der Waals surface area contributed by atoms with Crippen LogP contribution in [0.15, 0.2) is 35.7 Å². The highest BCUT2D eigenvalue weighted by Crippen LogP contribution is 2.15. The first-order valence-electron chi connectivity index (χ1n) is 6.84. The van der Waals surface area contributed by atoms with Gasteiger partial charge in [-0.25, -0.2) is 9.47 Å². The Morgan fingerprint density at radius 3 is 2.87 bits per heavy atom. The molecule has 1 aromatic heterocycles. The lowest BCUT2D eigenvalue weighted by Crippen LogP contribution is -2.16. The molecule has 0 spiro atoms. The number of carbonyl (C=O) groups is 2. The van der Waals surface area contributed by atoms with Crippen LogP contribution in [0.2, 0.25) is 0 Å². The summed E-state index contributed by atoms with van der Waals surface area (Å²) in [4.78, 5) is 23.8. The van der Waals surface area contributed by atoms with Crippen LogP contribution >= 0.6 is 11.8 Å². The maximum absolute atomic E-state index is 11.9. The van der Waals surface area contributed by atoms with E-state index in [1.165, 1.54) is 11.0 Å². The van der Waals surface area contributed by atoms with Gasteiger partial charge in [0, 0.05) is 5.69 Å². The number of benzene rings is 1.